The van der Waals surface area contributed by atoms with E-state index in [-0.39, 0.29) is 5.54 Å². The Morgan fingerprint density at radius 2 is 2.14 bits per heavy atom. The normalized spacial score (nSPS) is 24.9. The largest absolute Gasteiger partial charge is 0.481 e. The fourth-order valence-corrected chi connectivity index (χ4v) is 1.61. The molecule has 14 heavy (non-hydrogen) atoms. The number of nitrogens with zero attached hydrogens (tertiary/aromatic N) is 1. The number of benzene rings is 1. The predicted octanol–water partition coefficient (Wildman–Crippen LogP) is 2.44. The van der Waals surface area contributed by atoms with Gasteiger partial charge in [0.25, 0.3) is 0 Å². The number of aliphatic imine (C=N–C) groups is 1. The van der Waals surface area contributed by atoms with Gasteiger partial charge in [0.15, 0.2) is 6.40 Å². The van der Waals surface area contributed by atoms with Crippen LogP contribution >= 0.6 is 0 Å². The van der Waals surface area contributed by atoms with Gasteiger partial charge in [-0.2, -0.15) is 0 Å². The van der Waals surface area contributed by atoms with Crippen LogP contribution in [-0.4, -0.2) is 18.5 Å². The van der Waals surface area contributed by atoms with Gasteiger partial charge in [0.2, 0.25) is 0 Å². The second kappa shape index (κ2) is 3.82. The van der Waals surface area contributed by atoms with Gasteiger partial charge < -0.3 is 4.74 Å². The molecule has 0 bridgehead atoms. The first-order valence-electron chi connectivity index (χ1n) is 4.98. The summed E-state index contributed by atoms with van der Waals surface area (Å²) in [6.45, 7) is 2.86. The van der Waals surface area contributed by atoms with Crippen LogP contribution in [0.1, 0.15) is 18.9 Å². The number of hydrogen-bond donors (Lipinski definition) is 0. The molecule has 1 heterocycles. The molecule has 0 fully saturated rings. The van der Waals surface area contributed by atoms with E-state index in [2.05, 4.69) is 36.2 Å². The molecular weight excluding hydrogens is 174 g/mol. The molecule has 1 aromatic carbocycles. The zero-order valence-electron chi connectivity index (χ0n) is 8.44. The van der Waals surface area contributed by atoms with E-state index >= 15 is 0 Å². The van der Waals surface area contributed by atoms with E-state index < -0.39 is 0 Å². The highest BCUT2D eigenvalue weighted by atomic mass is 16.5. The summed E-state index contributed by atoms with van der Waals surface area (Å²) < 4.78 is 5.16. The minimum atomic E-state index is -0.00413. The van der Waals surface area contributed by atoms with Crippen LogP contribution in [0.3, 0.4) is 0 Å². The number of rotatable bonds is 3. The Kier molecular flexibility index (Phi) is 2.53. The summed E-state index contributed by atoms with van der Waals surface area (Å²) in [7, 11) is 0. The smallest absolute Gasteiger partial charge is 0.170 e. The molecule has 1 aliphatic heterocycles. The lowest BCUT2D eigenvalue weighted by Gasteiger charge is -2.17. The third-order valence-corrected chi connectivity index (χ3v) is 2.63. The quantitative estimate of drug-likeness (QED) is 0.715. The van der Waals surface area contributed by atoms with Crippen LogP contribution in [0, 0.1) is 0 Å². The lowest BCUT2D eigenvalue weighted by Crippen LogP contribution is -2.24. The number of ether oxygens (including phenoxy) is 1. The van der Waals surface area contributed by atoms with Gasteiger partial charge in [-0.05, 0) is 25.3 Å². The molecule has 0 N–H and O–H groups in total. The molecule has 0 aromatic heterocycles. The van der Waals surface area contributed by atoms with Gasteiger partial charge in [-0.1, -0.05) is 30.3 Å². The van der Waals surface area contributed by atoms with Gasteiger partial charge in [0.05, 0.1) is 5.54 Å². The van der Waals surface area contributed by atoms with Crippen LogP contribution in [0.15, 0.2) is 35.3 Å². The van der Waals surface area contributed by atoms with E-state index in [0.29, 0.717) is 0 Å². The van der Waals surface area contributed by atoms with Gasteiger partial charge in [0, 0.05) is 0 Å². The van der Waals surface area contributed by atoms with Gasteiger partial charge in [-0.3, -0.25) is 0 Å². The Morgan fingerprint density at radius 1 is 1.36 bits per heavy atom. The first-order valence-corrected chi connectivity index (χ1v) is 4.98. The highest BCUT2D eigenvalue weighted by molar-refractivity contribution is 5.50. The average molecular weight is 189 g/mol. The highest BCUT2D eigenvalue weighted by Crippen LogP contribution is 2.21. The second-order valence-electron chi connectivity index (χ2n) is 4.03. The highest BCUT2D eigenvalue weighted by Gasteiger charge is 2.26. The van der Waals surface area contributed by atoms with Crippen LogP contribution < -0.4 is 0 Å². The monoisotopic (exact) mass is 189 g/mol. The molecule has 0 saturated carbocycles. The van der Waals surface area contributed by atoms with E-state index in [1.807, 2.05) is 6.07 Å². The van der Waals surface area contributed by atoms with Gasteiger partial charge in [-0.15, -0.1) is 0 Å². The van der Waals surface area contributed by atoms with Crippen LogP contribution in [0.4, 0.5) is 0 Å². The van der Waals surface area contributed by atoms with Crippen molar-refractivity contribution in [3.05, 3.63) is 35.9 Å². The van der Waals surface area contributed by atoms with Crippen molar-refractivity contribution in [2.75, 3.05) is 6.61 Å². The average Bonchev–Trinajstić information content (AvgIpc) is 2.65. The minimum Gasteiger partial charge on any atom is -0.481 e. The van der Waals surface area contributed by atoms with E-state index in [1.54, 1.807) is 6.40 Å². The Balaban J connectivity index is 1.91. The summed E-state index contributed by atoms with van der Waals surface area (Å²) in [5, 5.41) is 0. The summed E-state index contributed by atoms with van der Waals surface area (Å²) in [5.74, 6) is 0. The summed E-state index contributed by atoms with van der Waals surface area (Å²) in [6, 6.07) is 10.5. The van der Waals surface area contributed by atoms with Crippen LogP contribution in [-0.2, 0) is 11.2 Å². The molecule has 2 heteroatoms. The molecule has 2 nitrogen and oxygen atoms in total. The van der Waals surface area contributed by atoms with Crippen LogP contribution in [0.25, 0.3) is 0 Å². The molecule has 1 unspecified atom stereocenters. The fraction of sp³-hybridized carbons (Fsp3) is 0.417. The lowest BCUT2D eigenvalue weighted by molar-refractivity contribution is 0.264. The molecule has 0 amide bonds. The first kappa shape index (κ1) is 9.25. The Labute approximate surface area is 84.6 Å². The third kappa shape index (κ3) is 2.13. The standard InChI is InChI=1S/C12H15NO/c1-12(9-14-10-13-12)8-7-11-5-3-2-4-6-11/h2-6,10H,7-9H2,1H3. The van der Waals surface area contributed by atoms with E-state index in [9.17, 15) is 0 Å². The molecule has 0 saturated heterocycles. The molecule has 0 aliphatic carbocycles. The fourth-order valence-electron chi connectivity index (χ4n) is 1.61. The first-order chi connectivity index (χ1) is 6.79. The lowest BCUT2D eigenvalue weighted by atomic mass is 9.95. The molecule has 0 spiro atoms. The molecule has 2 rings (SSSR count). The number of aryl methyl sites for hydroxylation is 1. The second-order valence-corrected chi connectivity index (χ2v) is 4.03. The van der Waals surface area contributed by atoms with Crippen molar-refractivity contribution in [3.8, 4) is 0 Å². The van der Waals surface area contributed by atoms with Crippen molar-refractivity contribution in [2.24, 2.45) is 4.99 Å². The van der Waals surface area contributed by atoms with Gasteiger partial charge in [0.1, 0.15) is 6.61 Å². The molecular formula is C12H15NO. The van der Waals surface area contributed by atoms with E-state index in [1.165, 1.54) is 5.56 Å². The summed E-state index contributed by atoms with van der Waals surface area (Å²) in [6.07, 6.45) is 3.69. The van der Waals surface area contributed by atoms with Crippen molar-refractivity contribution < 1.29 is 4.74 Å². The summed E-state index contributed by atoms with van der Waals surface area (Å²) >= 11 is 0. The molecule has 1 atom stereocenters. The third-order valence-electron chi connectivity index (χ3n) is 2.63. The van der Waals surface area contributed by atoms with Gasteiger partial charge >= 0.3 is 0 Å². The molecule has 1 aromatic rings. The van der Waals surface area contributed by atoms with Crippen LogP contribution in [0.2, 0.25) is 0 Å². The zero-order chi connectivity index (χ0) is 9.86. The van der Waals surface area contributed by atoms with Crippen molar-refractivity contribution >= 4 is 6.40 Å². The Hall–Kier alpha value is -1.31. The molecule has 74 valence electrons. The maximum atomic E-state index is 5.16. The maximum absolute atomic E-state index is 5.16. The van der Waals surface area contributed by atoms with Crippen molar-refractivity contribution in [1.29, 1.82) is 0 Å². The Morgan fingerprint density at radius 3 is 2.79 bits per heavy atom. The predicted molar refractivity (Wildman–Crippen MR) is 57.6 cm³/mol. The van der Waals surface area contributed by atoms with Crippen molar-refractivity contribution in [1.82, 2.24) is 0 Å². The van der Waals surface area contributed by atoms with Crippen molar-refractivity contribution in [2.45, 2.75) is 25.3 Å². The SMILES string of the molecule is CC1(CCc2ccccc2)COC=N1. The molecule has 1 aliphatic rings. The Bertz CT molecular complexity index is 320. The van der Waals surface area contributed by atoms with Crippen LogP contribution in [0.5, 0.6) is 0 Å². The van der Waals surface area contributed by atoms with E-state index in [4.69, 9.17) is 4.74 Å². The van der Waals surface area contributed by atoms with E-state index in [0.717, 1.165) is 19.4 Å². The number of hydrogen-bond acceptors (Lipinski definition) is 2. The minimum absolute atomic E-state index is 0.00413. The summed E-state index contributed by atoms with van der Waals surface area (Å²) in [4.78, 5) is 4.34. The maximum Gasteiger partial charge on any atom is 0.170 e. The molecule has 0 radical (unpaired) electrons. The van der Waals surface area contributed by atoms with Gasteiger partial charge in [-0.25, -0.2) is 4.99 Å². The summed E-state index contributed by atoms with van der Waals surface area (Å²) in [5.41, 5.74) is 1.37. The topological polar surface area (TPSA) is 21.6 Å². The zero-order valence-corrected chi connectivity index (χ0v) is 8.44. The van der Waals surface area contributed by atoms with Crippen molar-refractivity contribution in [3.63, 3.8) is 0 Å².